The number of aromatic nitrogens is 2. The molecule has 2 unspecified atom stereocenters. The highest BCUT2D eigenvalue weighted by atomic mass is 16.5. The number of methoxy groups -OCH3 is 1. The molecule has 0 aliphatic carbocycles. The monoisotopic (exact) mass is 281 g/mol. The topological polar surface area (TPSA) is 76.2 Å². The summed E-state index contributed by atoms with van der Waals surface area (Å²) in [5.41, 5.74) is 1.08. The van der Waals surface area contributed by atoms with E-state index in [1.807, 2.05) is 13.8 Å². The van der Waals surface area contributed by atoms with Crippen molar-refractivity contribution in [3.8, 4) is 0 Å². The van der Waals surface area contributed by atoms with E-state index < -0.39 is 0 Å². The Morgan fingerprint density at radius 3 is 2.85 bits per heavy atom. The third kappa shape index (κ3) is 3.08. The molecular weight excluding hydrogens is 258 g/mol. The molecule has 20 heavy (non-hydrogen) atoms. The maximum Gasteiger partial charge on any atom is 0.255 e. The molecule has 0 aromatic carbocycles. The van der Waals surface area contributed by atoms with Crippen LogP contribution in [0.15, 0.2) is 4.79 Å². The lowest BCUT2D eigenvalue weighted by atomic mass is 10.0. The Morgan fingerprint density at radius 1 is 1.55 bits per heavy atom. The van der Waals surface area contributed by atoms with Gasteiger partial charge in [-0.3, -0.25) is 4.79 Å². The number of aromatic amines is 1. The minimum atomic E-state index is -0.285. The Bertz CT molecular complexity index is 521. The number of ether oxygens (including phenoxy) is 2. The molecule has 6 heteroatoms. The van der Waals surface area contributed by atoms with Gasteiger partial charge in [-0.15, -0.1) is 0 Å². The first-order chi connectivity index (χ1) is 9.47. The van der Waals surface area contributed by atoms with Crippen molar-refractivity contribution >= 4 is 0 Å². The molecule has 2 rings (SSSR count). The van der Waals surface area contributed by atoms with Crippen LogP contribution in [0.25, 0.3) is 0 Å². The van der Waals surface area contributed by atoms with Gasteiger partial charge >= 0.3 is 0 Å². The van der Waals surface area contributed by atoms with Gasteiger partial charge in [0.2, 0.25) is 0 Å². The predicted octanol–water partition coefficient (Wildman–Crippen LogP) is 0.843. The van der Waals surface area contributed by atoms with E-state index in [0.29, 0.717) is 24.5 Å². The van der Waals surface area contributed by atoms with Crippen molar-refractivity contribution in [2.75, 3.05) is 26.9 Å². The van der Waals surface area contributed by atoms with Crippen LogP contribution in [0.5, 0.6) is 0 Å². The summed E-state index contributed by atoms with van der Waals surface area (Å²) in [5, 5.41) is 3.37. The second kappa shape index (κ2) is 6.03. The normalized spacial score (nSPS) is 24.0. The highest BCUT2D eigenvalue weighted by Gasteiger charge is 2.35. The summed E-state index contributed by atoms with van der Waals surface area (Å²) in [6.07, 6.45) is 0.866. The fraction of sp³-hybridized carbons (Fsp3) is 0.714. The van der Waals surface area contributed by atoms with E-state index in [0.717, 1.165) is 18.7 Å². The Labute approximate surface area is 118 Å². The number of rotatable bonds is 5. The van der Waals surface area contributed by atoms with Gasteiger partial charge in [0.25, 0.3) is 5.56 Å². The van der Waals surface area contributed by atoms with Gasteiger partial charge in [-0.2, -0.15) is 0 Å². The standard InChI is InChI=1S/C14H23N3O3/c1-9(12-10(2)16-11(3)17-13(12)18)15-7-14(19-4)5-6-20-8-14/h9,15H,5-8H2,1-4H3,(H,16,17,18). The number of aryl methyl sites for hydroxylation is 2. The van der Waals surface area contributed by atoms with Gasteiger partial charge in [0, 0.05) is 38.4 Å². The van der Waals surface area contributed by atoms with E-state index in [1.54, 1.807) is 14.0 Å². The zero-order valence-electron chi connectivity index (χ0n) is 12.6. The molecular formula is C14H23N3O3. The Kier molecular flexibility index (Phi) is 4.57. The van der Waals surface area contributed by atoms with E-state index in [-0.39, 0.29) is 17.2 Å². The molecule has 6 nitrogen and oxygen atoms in total. The summed E-state index contributed by atoms with van der Waals surface area (Å²) in [4.78, 5) is 19.1. The van der Waals surface area contributed by atoms with Gasteiger partial charge in [-0.25, -0.2) is 4.98 Å². The van der Waals surface area contributed by atoms with Crippen molar-refractivity contribution in [1.82, 2.24) is 15.3 Å². The second-order valence-electron chi connectivity index (χ2n) is 5.44. The summed E-state index contributed by atoms with van der Waals surface area (Å²) in [6, 6.07) is -0.0838. The van der Waals surface area contributed by atoms with Crippen LogP contribution in [0.4, 0.5) is 0 Å². The quantitative estimate of drug-likeness (QED) is 0.836. The minimum Gasteiger partial charge on any atom is -0.378 e. The molecule has 112 valence electrons. The van der Waals surface area contributed by atoms with E-state index in [2.05, 4.69) is 15.3 Å². The van der Waals surface area contributed by atoms with E-state index in [1.165, 1.54) is 0 Å². The lowest BCUT2D eigenvalue weighted by Gasteiger charge is -2.28. The zero-order chi connectivity index (χ0) is 14.8. The summed E-state index contributed by atoms with van der Waals surface area (Å²) in [5.74, 6) is 0.640. The van der Waals surface area contributed by atoms with Crippen LogP contribution in [0.3, 0.4) is 0 Å². The number of hydrogen-bond acceptors (Lipinski definition) is 5. The third-order valence-electron chi connectivity index (χ3n) is 3.93. The van der Waals surface area contributed by atoms with Crippen LogP contribution in [0.1, 0.15) is 36.5 Å². The van der Waals surface area contributed by atoms with E-state index in [9.17, 15) is 4.79 Å². The highest BCUT2D eigenvalue weighted by molar-refractivity contribution is 5.20. The average molecular weight is 281 g/mol. The van der Waals surface area contributed by atoms with Gasteiger partial charge in [-0.05, 0) is 20.8 Å². The molecule has 0 amide bonds. The lowest BCUT2D eigenvalue weighted by Crippen LogP contribution is -2.44. The van der Waals surface area contributed by atoms with Crippen molar-refractivity contribution in [2.45, 2.75) is 38.8 Å². The summed E-state index contributed by atoms with van der Waals surface area (Å²) < 4.78 is 11.0. The Balaban J connectivity index is 2.09. The molecule has 0 bridgehead atoms. The van der Waals surface area contributed by atoms with E-state index in [4.69, 9.17) is 9.47 Å². The predicted molar refractivity (Wildman–Crippen MR) is 75.9 cm³/mol. The van der Waals surface area contributed by atoms with Crippen LogP contribution in [0.2, 0.25) is 0 Å². The van der Waals surface area contributed by atoms with Gasteiger partial charge in [-0.1, -0.05) is 0 Å². The Morgan fingerprint density at radius 2 is 2.30 bits per heavy atom. The van der Waals surface area contributed by atoms with Crippen molar-refractivity contribution < 1.29 is 9.47 Å². The molecule has 2 heterocycles. The lowest BCUT2D eigenvalue weighted by molar-refractivity contribution is -0.0172. The molecule has 1 fully saturated rings. The van der Waals surface area contributed by atoms with Crippen LogP contribution in [0, 0.1) is 13.8 Å². The number of nitrogens with zero attached hydrogens (tertiary/aromatic N) is 1. The van der Waals surface area contributed by atoms with Gasteiger partial charge in [0.1, 0.15) is 11.4 Å². The summed E-state index contributed by atoms with van der Waals surface area (Å²) >= 11 is 0. The molecule has 1 saturated heterocycles. The highest BCUT2D eigenvalue weighted by Crippen LogP contribution is 2.22. The SMILES string of the molecule is COC1(CNC(C)c2c(C)nc(C)[nH]c2=O)CCOC1. The third-order valence-corrected chi connectivity index (χ3v) is 3.93. The maximum absolute atomic E-state index is 12.1. The smallest absolute Gasteiger partial charge is 0.255 e. The molecule has 0 spiro atoms. The van der Waals surface area contributed by atoms with E-state index >= 15 is 0 Å². The first-order valence-electron chi connectivity index (χ1n) is 6.91. The largest absolute Gasteiger partial charge is 0.378 e. The number of nitrogens with one attached hydrogen (secondary N) is 2. The number of hydrogen-bond donors (Lipinski definition) is 2. The van der Waals surface area contributed by atoms with Crippen molar-refractivity contribution in [3.63, 3.8) is 0 Å². The first-order valence-corrected chi connectivity index (χ1v) is 6.91. The van der Waals surface area contributed by atoms with Crippen molar-refractivity contribution in [2.24, 2.45) is 0 Å². The van der Waals surface area contributed by atoms with Crippen LogP contribution in [-0.2, 0) is 9.47 Å². The second-order valence-corrected chi connectivity index (χ2v) is 5.44. The fourth-order valence-electron chi connectivity index (χ4n) is 2.65. The van der Waals surface area contributed by atoms with Crippen LogP contribution in [-0.4, -0.2) is 42.4 Å². The fourth-order valence-corrected chi connectivity index (χ4v) is 2.65. The first kappa shape index (κ1) is 15.2. The van der Waals surface area contributed by atoms with Gasteiger partial charge in [0.15, 0.2) is 0 Å². The van der Waals surface area contributed by atoms with Crippen molar-refractivity contribution in [1.29, 1.82) is 0 Å². The van der Waals surface area contributed by atoms with Gasteiger partial charge < -0.3 is 19.8 Å². The minimum absolute atomic E-state index is 0.0795. The van der Waals surface area contributed by atoms with Gasteiger partial charge in [0.05, 0.1) is 12.2 Å². The van der Waals surface area contributed by atoms with Crippen molar-refractivity contribution in [3.05, 3.63) is 27.4 Å². The van der Waals surface area contributed by atoms with Crippen LogP contribution >= 0.6 is 0 Å². The zero-order valence-corrected chi connectivity index (χ0v) is 12.6. The molecule has 1 aromatic rings. The average Bonchev–Trinajstić information content (AvgIpc) is 2.84. The molecule has 2 atom stereocenters. The molecule has 0 saturated carbocycles. The summed E-state index contributed by atoms with van der Waals surface area (Å²) in [6.45, 7) is 7.57. The molecule has 1 aliphatic rings. The molecule has 1 aliphatic heterocycles. The molecule has 1 aromatic heterocycles. The molecule has 2 N–H and O–H groups in total. The maximum atomic E-state index is 12.1. The molecule has 0 radical (unpaired) electrons. The Hall–Kier alpha value is -1.24. The van der Waals surface area contributed by atoms with Crippen LogP contribution < -0.4 is 10.9 Å². The summed E-state index contributed by atoms with van der Waals surface area (Å²) in [7, 11) is 1.70. The number of H-pyrrole nitrogens is 1.